The summed E-state index contributed by atoms with van der Waals surface area (Å²) in [6, 6.07) is 11.8. The zero-order valence-corrected chi connectivity index (χ0v) is 23.1. The van der Waals surface area contributed by atoms with Gasteiger partial charge in [-0.05, 0) is 69.3 Å². The molecule has 0 aliphatic heterocycles. The third-order valence-corrected chi connectivity index (χ3v) is 9.24. The molecule has 1 heterocycles. The summed E-state index contributed by atoms with van der Waals surface area (Å²) in [6.45, 7) is 7.14. The minimum atomic E-state index is -3.96. The Kier molecular flexibility index (Phi) is 8.21. The van der Waals surface area contributed by atoms with E-state index in [4.69, 9.17) is 22.1 Å². The van der Waals surface area contributed by atoms with Crippen molar-refractivity contribution in [1.82, 2.24) is 5.32 Å². The Morgan fingerprint density at radius 2 is 1.89 bits per heavy atom. The number of carbonyl (C=O) groups is 1. The van der Waals surface area contributed by atoms with Crippen LogP contribution in [0.2, 0.25) is 5.02 Å². The number of aliphatic imine (C=N–C) groups is 1. The van der Waals surface area contributed by atoms with Crippen LogP contribution in [-0.2, 0) is 14.6 Å². The summed E-state index contributed by atoms with van der Waals surface area (Å²) in [6.07, 6.45) is 2.31. The molecule has 0 unspecified atom stereocenters. The van der Waals surface area contributed by atoms with Crippen LogP contribution in [0, 0.1) is 6.92 Å². The van der Waals surface area contributed by atoms with Crippen molar-refractivity contribution in [1.29, 1.82) is 0 Å². The highest BCUT2D eigenvalue weighted by Crippen LogP contribution is 2.43. The number of anilines is 1. The maximum Gasteiger partial charge on any atom is 0.412 e. The summed E-state index contributed by atoms with van der Waals surface area (Å²) in [5, 5.41) is 3.42. The zero-order chi connectivity index (χ0) is 26.0. The summed E-state index contributed by atoms with van der Waals surface area (Å²) in [5.41, 5.74) is 8.21. The Labute approximate surface area is 218 Å². The Morgan fingerprint density at radius 3 is 2.51 bits per heavy atom. The fourth-order valence-corrected chi connectivity index (χ4v) is 7.45. The van der Waals surface area contributed by atoms with Crippen molar-refractivity contribution >= 4 is 67.7 Å². The van der Waals surface area contributed by atoms with Crippen molar-refractivity contribution in [3.8, 4) is 11.1 Å². The van der Waals surface area contributed by atoms with Crippen LogP contribution in [0.15, 0.2) is 61.5 Å². The van der Waals surface area contributed by atoms with Gasteiger partial charge in [0.25, 0.3) is 0 Å². The maximum atomic E-state index is 13.7. The fourth-order valence-electron chi connectivity index (χ4n) is 3.26. The molecule has 0 aliphatic rings. The number of carbonyl (C=O) groups excluding carboxylic acids is 1. The number of ether oxygens (including phenoxy) is 1. The monoisotopic (exact) mass is 551 g/mol. The third-order valence-electron chi connectivity index (χ3n) is 4.74. The van der Waals surface area contributed by atoms with E-state index >= 15 is 0 Å². The molecule has 0 aliphatic carbocycles. The minimum Gasteiger partial charge on any atom is -0.444 e. The predicted molar refractivity (Wildman–Crippen MR) is 145 cm³/mol. The molecule has 3 rings (SSSR count). The highest BCUT2D eigenvalue weighted by Gasteiger charge is 2.27. The average molecular weight is 552 g/mol. The molecule has 7 nitrogen and oxygen atoms in total. The van der Waals surface area contributed by atoms with Crippen molar-refractivity contribution in [3.05, 3.63) is 53.1 Å². The standard InChI is InChI=1S/C24H26ClN3O4S3/c1-14-11-15(25)9-10-16(14)17-7-6-8-18(21(17)26)35(30,31)19-12-20(34-22(19)33-5)27-13-28-23(29)32-24(2,3)4/h6-13H,26H2,1-5H3,(H,27,28,29). The first-order valence-corrected chi connectivity index (χ1v) is 14.3. The highest BCUT2D eigenvalue weighted by atomic mass is 35.5. The normalized spacial score (nSPS) is 12.2. The molecule has 11 heteroatoms. The van der Waals surface area contributed by atoms with Crippen LogP contribution >= 0.6 is 34.7 Å². The SMILES string of the molecule is CSc1sc(/N=C/NC(=O)OC(C)(C)C)cc1S(=O)(=O)c1cccc(-c2ccc(Cl)cc2C)c1N. The second-order valence-corrected chi connectivity index (χ2v) is 13.0. The van der Waals surface area contributed by atoms with Gasteiger partial charge in [0.05, 0.1) is 26.0 Å². The molecule has 0 saturated heterocycles. The van der Waals surface area contributed by atoms with Crippen LogP contribution in [0.4, 0.5) is 15.5 Å². The molecule has 3 N–H and O–H groups in total. The topological polar surface area (TPSA) is 111 Å². The number of para-hydroxylation sites is 1. The second kappa shape index (κ2) is 10.6. The lowest BCUT2D eigenvalue weighted by Crippen LogP contribution is -2.31. The van der Waals surface area contributed by atoms with Crippen molar-refractivity contribution in [2.75, 3.05) is 12.0 Å². The van der Waals surface area contributed by atoms with E-state index < -0.39 is 21.5 Å². The van der Waals surface area contributed by atoms with Crippen molar-refractivity contribution < 1.29 is 17.9 Å². The number of hydrogen-bond acceptors (Lipinski definition) is 8. The third kappa shape index (κ3) is 6.38. The Hall–Kier alpha value is -2.53. The van der Waals surface area contributed by atoms with Gasteiger partial charge in [0.15, 0.2) is 0 Å². The molecule has 35 heavy (non-hydrogen) atoms. The molecule has 3 aromatic rings. The maximum absolute atomic E-state index is 13.7. The number of nitrogen functional groups attached to an aromatic ring is 1. The predicted octanol–water partition coefficient (Wildman–Crippen LogP) is 6.70. The number of benzene rings is 2. The van der Waals surface area contributed by atoms with E-state index in [1.54, 1.807) is 51.3 Å². The number of aryl methyl sites for hydroxylation is 1. The number of amides is 1. The summed E-state index contributed by atoms with van der Waals surface area (Å²) in [7, 11) is -3.96. The zero-order valence-electron chi connectivity index (χ0n) is 19.9. The van der Waals surface area contributed by atoms with Gasteiger partial charge in [-0.25, -0.2) is 18.2 Å². The van der Waals surface area contributed by atoms with Crippen molar-refractivity contribution in [2.24, 2.45) is 4.99 Å². The lowest BCUT2D eigenvalue weighted by molar-refractivity contribution is 0.0565. The molecule has 1 amide bonds. The molecular formula is C24H26ClN3O4S3. The first-order chi connectivity index (χ1) is 16.3. The first kappa shape index (κ1) is 27.1. The van der Waals surface area contributed by atoms with Gasteiger partial charge < -0.3 is 10.5 Å². The largest absolute Gasteiger partial charge is 0.444 e. The fraction of sp³-hybridized carbons (Fsp3) is 0.250. The summed E-state index contributed by atoms with van der Waals surface area (Å²) >= 11 is 8.56. The lowest BCUT2D eigenvalue weighted by atomic mass is 9.99. The number of thiophene rings is 1. The van der Waals surface area contributed by atoms with E-state index in [2.05, 4.69) is 10.3 Å². The highest BCUT2D eigenvalue weighted by molar-refractivity contribution is 8.01. The van der Waals surface area contributed by atoms with Gasteiger partial charge in [0.2, 0.25) is 9.84 Å². The van der Waals surface area contributed by atoms with Crippen LogP contribution in [0.3, 0.4) is 0 Å². The van der Waals surface area contributed by atoms with Crippen LogP contribution in [0.5, 0.6) is 0 Å². The number of nitrogens with two attached hydrogens (primary N) is 1. The molecule has 0 radical (unpaired) electrons. The van der Waals surface area contributed by atoms with Gasteiger partial charge in [-0.1, -0.05) is 29.8 Å². The van der Waals surface area contributed by atoms with E-state index in [0.717, 1.165) is 11.1 Å². The first-order valence-electron chi connectivity index (χ1n) is 10.4. The van der Waals surface area contributed by atoms with E-state index in [9.17, 15) is 13.2 Å². The van der Waals surface area contributed by atoms with Gasteiger partial charge in [0, 0.05) is 10.6 Å². The number of thioether (sulfide) groups is 1. The minimum absolute atomic E-state index is 0.0138. The molecule has 2 aromatic carbocycles. The van der Waals surface area contributed by atoms with Gasteiger partial charge in [-0.3, -0.25) is 5.32 Å². The number of alkyl carbamates (subject to hydrolysis) is 1. The van der Waals surface area contributed by atoms with Crippen LogP contribution in [-0.4, -0.2) is 32.7 Å². The Bertz CT molecular complexity index is 1390. The number of halogens is 1. The summed E-state index contributed by atoms with van der Waals surface area (Å²) in [5.74, 6) is 0. The molecule has 0 saturated carbocycles. The van der Waals surface area contributed by atoms with Gasteiger partial charge in [0.1, 0.15) is 10.6 Å². The van der Waals surface area contributed by atoms with Gasteiger partial charge in [-0.2, -0.15) is 0 Å². The summed E-state index contributed by atoms with van der Waals surface area (Å²) in [4.78, 5) is 16.1. The number of rotatable bonds is 6. The molecule has 0 spiro atoms. The molecule has 0 fully saturated rings. The second-order valence-electron chi connectivity index (χ2n) is 8.52. The molecule has 1 aromatic heterocycles. The van der Waals surface area contributed by atoms with Gasteiger partial charge in [-0.15, -0.1) is 23.1 Å². The van der Waals surface area contributed by atoms with Crippen LogP contribution < -0.4 is 11.1 Å². The van der Waals surface area contributed by atoms with E-state index in [-0.39, 0.29) is 15.5 Å². The van der Waals surface area contributed by atoms with Crippen molar-refractivity contribution in [2.45, 2.75) is 47.3 Å². The lowest BCUT2D eigenvalue weighted by Gasteiger charge is -2.18. The van der Waals surface area contributed by atoms with Crippen LogP contribution in [0.1, 0.15) is 26.3 Å². The Morgan fingerprint density at radius 1 is 1.17 bits per heavy atom. The number of nitrogens with one attached hydrogen (secondary N) is 1. The smallest absolute Gasteiger partial charge is 0.412 e. The molecule has 0 atom stereocenters. The molecular weight excluding hydrogens is 526 g/mol. The number of sulfone groups is 1. The van der Waals surface area contributed by atoms with Gasteiger partial charge >= 0.3 is 6.09 Å². The summed E-state index contributed by atoms with van der Waals surface area (Å²) < 4.78 is 33.0. The van der Waals surface area contributed by atoms with E-state index in [1.165, 1.54) is 41.6 Å². The Balaban J connectivity index is 1.96. The number of hydrogen-bond donors (Lipinski definition) is 2. The number of nitrogens with zero attached hydrogens (tertiary/aromatic N) is 1. The van der Waals surface area contributed by atoms with Crippen LogP contribution in [0.25, 0.3) is 11.1 Å². The molecule has 186 valence electrons. The average Bonchev–Trinajstić information content (AvgIpc) is 3.17. The molecule has 0 bridgehead atoms. The van der Waals surface area contributed by atoms with E-state index in [0.29, 0.717) is 19.8 Å². The van der Waals surface area contributed by atoms with Crippen molar-refractivity contribution in [3.63, 3.8) is 0 Å². The van der Waals surface area contributed by atoms with E-state index in [1.807, 2.05) is 13.0 Å². The quantitative estimate of drug-likeness (QED) is 0.153.